The molecule has 3 aromatic rings. The molecule has 4 nitrogen and oxygen atoms in total. The standard InChI is InChI=1S/C20H16N2O2S2/c23-17(14-7-3-1-4-8-14)13-26-20-21-16-11-12-25-18(16)19(24)22(20)15-9-5-2-6-10-15/h1-10H,11-13H2. The second kappa shape index (κ2) is 7.51. The fourth-order valence-electron chi connectivity index (χ4n) is 2.83. The normalized spacial score (nSPS) is 12.8. The van der Waals surface area contributed by atoms with Crippen molar-refractivity contribution in [3.63, 3.8) is 0 Å². The topological polar surface area (TPSA) is 52.0 Å². The summed E-state index contributed by atoms with van der Waals surface area (Å²) in [6.07, 6.45) is 0.797. The minimum absolute atomic E-state index is 0.0272. The number of para-hydroxylation sites is 1. The minimum atomic E-state index is -0.0432. The molecule has 0 aliphatic carbocycles. The maximum absolute atomic E-state index is 13.0. The lowest BCUT2D eigenvalue weighted by molar-refractivity contribution is 0.102. The van der Waals surface area contributed by atoms with Gasteiger partial charge < -0.3 is 0 Å². The Morgan fingerprint density at radius 3 is 2.50 bits per heavy atom. The molecule has 4 rings (SSSR count). The van der Waals surface area contributed by atoms with Crippen LogP contribution in [0.1, 0.15) is 16.1 Å². The van der Waals surface area contributed by atoms with E-state index in [2.05, 4.69) is 0 Å². The molecule has 0 amide bonds. The van der Waals surface area contributed by atoms with Gasteiger partial charge in [-0.3, -0.25) is 14.2 Å². The molecular weight excluding hydrogens is 364 g/mol. The Morgan fingerprint density at radius 2 is 1.77 bits per heavy atom. The lowest BCUT2D eigenvalue weighted by atomic mass is 10.2. The fraction of sp³-hybridized carbons (Fsp3) is 0.150. The van der Waals surface area contributed by atoms with E-state index in [-0.39, 0.29) is 17.1 Å². The van der Waals surface area contributed by atoms with Gasteiger partial charge in [-0.2, -0.15) is 0 Å². The summed E-state index contributed by atoms with van der Waals surface area (Å²) in [5.41, 5.74) is 2.25. The fourth-order valence-corrected chi connectivity index (χ4v) is 4.78. The van der Waals surface area contributed by atoms with E-state index in [1.165, 1.54) is 11.8 Å². The number of thioether (sulfide) groups is 2. The highest BCUT2D eigenvalue weighted by molar-refractivity contribution is 8.00. The Hall–Kier alpha value is -2.31. The van der Waals surface area contributed by atoms with E-state index in [1.807, 2.05) is 48.5 Å². The number of rotatable bonds is 5. The molecule has 0 unspecified atom stereocenters. The number of ketones is 1. The summed E-state index contributed by atoms with van der Waals surface area (Å²) < 4.78 is 1.63. The third-order valence-electron chi connectivity index (χ3n) is 4.11. The first-order chi connectivity index (χ1) is 12.7. The average Bonchev–Trinajstić information content (AvgIpc) is 3.16. The van der Waals surface area contributed by atoms with Gasteiger partial charge in [-0.05, 0) is 12.1 Å². The third kappa shape index (κ3) is 3.34. The molecule has 2 aromatic carbocycles. The number of hydrogen-bond acceptors (Lipinski definition) is 5. The molecule has 0 saturated carbocycles. The van der Waals surface area contributed by atoms with Gasteiger partial charge in [-0.1, -0.05) is 60.3 Å². The number of aromatic nitrogens is 2. The number of carbonyl (C=O) groups excluding carboxylic acids is 1. The Kier molecular flexibility index (Phi) is 4.95. The van der Waals surface area contributed by atoms with Crippen molar-refractivity contribution in [1.82, 2.24) is 9.55 Å². The largest absolute Gasteiger partial charge is 0.293 e. The van der Waals surface area contributed by atoms with E-state index in [0.29, 0.717) is 10.7 Å². The molecule has 0 N–H and O–H groups in total. The van der Waals surface area contributed by atoms with Crippen molar-refractivity contribution in [3.05, 3.63) is 82.3 Å². The number of benzene rings is 2. The van der Waals surface area contributed by atoms with Crippen molar-refractivity contribution >= 4 is 29.3 Å². The van der Waals surface area contributed by atoms with Gasteiger partial charge in [0.15, 0.2) is 10.9 Å². The number of carbonyl (C=O) groups is 1. The van der Waals surface area contributed by atoms with Gasteiger partial charge >= 0.3 is 0 Å². The van der Waals surface area contributed by atoms with Crippen LogP contribution in [0.2, 0.25) is 0 Å². The zero-order valence-electron chi connectivity index (χ0n) is 13.9. The number of hydrogen-bond donors (Lipinski definition) is 0. The first-order valence-corrected chi connectivity index (χ1v) is 10.3. The molecule has 0 fully saturated rings. The van der Waals surface area contributed by atoms with Gasteiger partial charge in [0.1, 0.15) is 0 Å². The molecule has 1 aliphatic rings. The zero-order chi connectivity index (χ0) is 17.9. The zero-order valence-corrected chi connectivity index (χ0v) is 15.6. The molecule has 0 atom stereocenters. The summed E-state index contributed by atoms with van der Waals surface area (Å²) >= 11 is 2.88. The van der Waals surface area contributed by atoms with Crippen LogP contribution >= 0.6 is 23.5 Å². The predicted octanol–water partition coefficient (Wildman–Crippen LogP) is 3.86. The van der Waals surface area contributed by atoms with E-state index in [9.17, 15) is 9.59 Å². The van der Waals surface area contributed by atoms with Crippen molar-refractivity contribution in [1.29, 1.82) is 0 Å². The summed E-state index contributed by atoms with van der Waals surface area (Å²) in [7, 11) is 0. The highest BCUT2D eigenvalue weighted by atomic mass is 32.2. The first-order valence-electron chi connectivity index (χ1n) is 8.29. The highest BCUT2D eigenvalue weighted by Gasteiger charge is 2.23. The SMILES string of the molecule is O=C(CSc1nc2c(c(=O)n1-c1ccccc1)SCC2)c1ccccc1. The second-order valence-corrected chi connectivity index (χ2v) is 7.87. The van der Waals surface area contributed by atoms with Gasteiger partial charge in [0.05, 0.1) is 22.0 Å². The van der Waals surface area contributed by atoms with Crippen molar-refractivity contribution < 1.29 is 4.79 Å². The van der Waals surface area contributed by atoms with E-state index in [4.69, 9.17) is 4.98 Å². The monoisotopic (exact) mass is 380 g/mol. The van der Waals surface area contributed by atoms with Crippen molar-refractivity contribution in [2.24, 2.45) is 0 Å². The predicted molar refractivity (Wildman–Crippen MR) is 106 cm³/mol. The Labute approximate surface area is 159 Å². The number of aryl methyl sites for hydroxylation is 1. The van der Waals surface area contributed by atoms with Crippen molar-refractivity contribution in [3.8, 4) is 5.69 Å². The molecule has 1 aromatic heterocycles. The van der Waals surface area contributed by atoms with E-state index in [1.54, 1.807) is 28.5 Å². The second-order valence-electron chi connectivity index (χ2n) is 5.82. The molecule has 130 valence electrons. The van der Waals surface area contributed by atoms with Crippen LogP contribution in [0, 0.1) is 0 Å². The van der Waals surface area contributed by atoms with Crippen molar-refractivity contribution in [2.75, 3.05) is 11.5 Å². The van der Waals surface area contributed by atoms with Crippen LogP contribution in [-0.2, 0) is 6.42 Å². The van der Waals surface area contributed by atoms with Crippen LogP contribution in [0.5, 0.6) is 0 Å². The first kappa shape index (κ1) is 17.1. The smallest absolute Gasteiger partial charge is 0.272 e. The van der Waals surface area contributed by atoms with Crippen LogP contribution in [0.15, 0.2) is 75.5 Å². The molecule has 1 aliphatic heterocycles. The summed E-state index contributed by atoms with van der Waals surface area (Å²) in [6.45, 7) is 0. The van der Waals surface area contributed by atoms with Crippen LogP contribution in [0.3, 0.4) is 0 Å². The van der Waals surface area contributed by atoms with Crippen LogP contribution in [0.25, 0.3) is 5.69 Å². The summed E-state index contributed by atoms with van der Waals surface area (Å²) in [5.74, 6) is 1.15. The van der Waals surface area contributed by atoms with Gasteiger partial charge in [-0.25, -0.2) is 4.98 Å². The lowest BCUT2D eigenvalue weighted by Gasteiger charge is -2.13. The molecule has 0 spiro atoms. The molecule has 6 heteroatoms. The summed E-state index contributed by atoms with van der Waals surface area (Å²) in [5, 5.41) is 0.576. The number of fused-ring (bicyclic) bond motifs is 1. The summed E-state index contributed by atoms with van der Waals surface area (Å²) in [4.78, 5) is 30.9. The molecule has 0 bridgehead atoms. The molecule has 26 heavy (non-hydrogen) atoms. The molecule has 0 saturated heterocycles. The van der Waals surface area contributed by atoms with Crippen molar-refractivity contribution in [2.45, 2.75) is 16.5 Å². The summed E-state index contributed by atoms with van der Waals surface area (Å²) in [6, 6.07) is 18.7. The van der Waals surface area contributed by atoms with Crippen LogP contribution in [-0.4, -0.2) is 26.8 Å². The highest BCUT2D eigenvalue weighted by Crippen LogP contribution is 2.30. The molecular formula is C20H16N2O2S2. The Balaban J connectivity index is 1.70. The number of Topliss-reactive ketones (excluding diaryl/α,β-unsaturated/α-hetero) is 1. The minimum Gasteiger partial charge on any atom is -0.293 e. The van der Waals surface area contributed by atoms with Crippen LogP contribution < -0.4 is 5.56 Å². The lowest BCUT2D eigenvalue weighted by Crippen LogP contribution is -2.24. The third-order valence-corrected chi connectivity index (χ3v) is 6.15. The van der Waals surface area contributed by atoms with Gasteiger partial charge in [0.2, 0.25) is 0 Å². The van der Waals surface area contributed by atoms with E-state index < -0.39 is 0 Å². The van der Waals surface area contributed by atoms with Gasteiger partial charge in [-0.15, -0.1) is 11.8 Å². The van der Waals surface area contributed by atoms with Crippen LogP contribution in [0.4, 0.5) is 0 Å². The number of nitrogens with zero attached hydrogens (tertiary/aromatic N) is 2. The molecule has 0 radical (unpaired) electrons. The van der Waals surface area contributed by atoms with Gasteiger partial charge in [0.25, 0.3) is 5.56 Å². The van der Waals surface area contributed by atoms with E-state index >= 15 is 0 Å². The van der Waals surface area contributed by atoms with E-state index in [0.717, 1.165) is 28.5 Å². The Bertz CT molecular complexity index is 1000. The maximum Gasteiger partial charge on any atom is 0.272 e. The quantitative estimate of drug-likeness (QED) is 0.382. The molecule has 2 heterocycles. The average molecular weight is 380 g/mol. The Morgan fingerprint density at radius 1 is 1.08 bits per heavy atom. The maximum atomic E-state index is 13.0. The van der Waals surface area contributed by atoms with Gasteiger partial charge in [0, 0.05) is 17.7 Å².